The monoisotopic (exact) mass is 307 g/mol. The third kappa shape index (κ3) is 6.97. The van der Waals surface area contributed by atoms with Crippen LogP contribution >= 0.6 is 0 Å². The summed E-state index contributed by atoms with van der Waals surface area (Å²) < 4.78 is 9.73. The number of methoxy groups -OCH3 is 2. The Bertz CT molecular complexity index is 472. The minimum absolute atomic E-state index is 0.165. The van der Waals surface area contributed by atoms with Crippen molar-refractivity contribution in [1.29, 1.82) is 0 Å². The molecule has 0 heterocycles. The normalized spacial score (nSPS) is 11.0. The van der Waals surface area contributed by atoms with Crippen molar-refractivity contribution in [2.45, 2.75) is 25.8 Å². The molecule has 6 nitrogen and oxygen atoms in total. The molecular formula is C16H25N3O3. The molecule has 22 heavy (non-hydrogen) atoms. The first-order chi connectivity index (χ1) is 10.7. The minimum Gasteiger partial charge on any atom is -0.497 e. The van der Waals surface area contributed by atoms with Gasteiger partial charge in [-0.2, -0.15) is 0 Å². The molecule has 122 valence electrons. The van der Waals surface area contributed by atoms with E-state index in [1.54, 1.807) is 14.2 Å². The molecule has 0 saturated heterocycles. The highest BCUT2D eigenvalue weighted by Crippen LogP contribution is 2.10. The maximum absolute atomic E-state index is 11.0. The lowest BCUT2D eigenvalue weighted by Gasteiger charge is -2.12. The number of aliphatic imine (C=N–C) groups is 1. The predicted octanol–water partition coefficient (Wildman–Crippen LogP) is 1.70. The maximum Gasteiger partial charge on any atom is 0.305 e. The standard InChI is InChI=1S/C16H25N3O3/c1-17-16(18-11-5-4-6-15(20)22-3)19-12-13-7-9-14(21-2)10-8-13/h7-10H,4-6,11-12H2,1-3H3,(H2,17,18,19). The fourth-order valence-electron chi connectivity index (χ4n) is 1.85. The summed E-state index contributed by atoms with van der Waals surface area (Å²) in [5, 5.41) is 6.46. The molecule has 1 rings (SSSR count). The highest BCUT2D eigenvalue weighted by molar-refractivity contribution is 5.79. The van der Waals surface area contributed by atoms with Crippen molar-refractivity contribution in [1.82, 2.24) is 10.6 Å². The number of benzene rings is 1. The Morgan fingerprint density at radius 2 is 1.86 bits per heavy atom. The number of hydrogen-bond acceptors (Lipinski definition) is 4. The van der Waals surface area contributed by atoms with Gasteiger partial charge < -0.3 is 20.1 Å². The van der Waals surface area contributed by atoms with E-state index < -0.39 is 0 Å². The van der Waals surface area contributed by atoms with Gasteiger partial charge in [-0.15, -0.1) is 0 Å². The fraction of sp³-hybridized carbons (Fsp3) is 0.500. The van der Waals surface area contributed by atoms with E-state index in [1.165, 1.54) is 7.11 Å². The van der Waals surface area contributed by atoms with Crippen LogP contribution in [-0.2, 0) is 16.1 Å². The Balaban J connectivity index is 2.23. The summed E-state index contributed by atoms with van der Waals surface area (Å²) >= 11 is 0. The molecule has 0 atom stereocenters. The lowest BCUT2D eigenvalue weighted by Crippen LogP contribution is -2.37. The zero-order chi connectivity index (χ0) is 16.2. The molecule has 0 unspecified atom stereocenters. The van der Waals surface area contributed by atoms with Gasteiger partial charge in [0, 0.05) is 26.6 Å². The summed E-state index contributed by atoms with van der Waals surface area (Å²) in [5.41, 5.74) is 1.15. The number of esters is 1. The van der Waals surface area contributed by atoms with Crippen molar-refractivity contribution in [3.05, 3.63) is 29.8 Å². The number of ether oxygens (including phenoxy) is 2. The van der Waals surface area contributed by atoms with E-state index in [2.05, 4.69) is 20.4 Å². The molecule has 0 fully saturated rings. The molecule has 1 aromatic carbocycles. The summed E-state index contributed by atoms with van der Waals surface area (Å²) in [7, 11) is 4.79. The van der Waals surface area contributed by atoms with Gasteiger partial charge in [0.2, 0.25) is 0 Å². The van der Waals surface area contributed by atoms with Crippen LogP contribution in [0.1, 0.15) is 24.8 Å². The number of carbonyl (C=O) groups excluding carboxylic acids is 1. The van der Waals surface area contributed by atoms with Gasteiger partial charge >= 0.3 is 5.97 Å². The molecule has 0 radical (unpaired) electrons. The Kier molecular flexibility index (Phi) is 8.49. The van der Waals surface area contributed by atoms with Gasteiger partial charge in [-0.1, -0.05) is 12.1 Å². The van der Waals surface area contributed by atoms with E-state index in [-0.39, 0.29) is 5.97 Å². The average Bonchev–Trinajstić information content (AvgIpc) is 2.57. The summed E-state index contributed by atoms with van der Waals surface area (Å²) in [6.45, 7) is 1.45. The predicted molar refractivity (Wildman–Crippen MR) is 87.1 cm³/mol. The molecule has 0 aliphatic rings. The second-order valence-electron chi connectivity index (χ2n) is 4.73. The topological polar surface area (TPSA) is 72.0 Å². The van der Waals surface area contributed by atoms with Gasteiger partial charge in [0.1, 0.15) is 5.75 Å². The number of hydrogen-bond donors (Lipinski definition) is 2. The molecule has 2 N–H and O–H groups in total. The van der Waals surface area contributed by atoms with Crippen LogP contribution in [0.3, 0.4) is 0 Å². The second kappa shape index (κ2) is 10.5. The van der Waals surface area contributed by atoms with E-state index in [1.807, 2.05) is 24.3 Å². The van der Waals surface area contributed by atoms with Crippen LogP contribution in [0.5, 0.6) is 5.75 Å². The van der Waals surface area contributed by atoms with Gasteiger partial charge in [0.05, 0.1) is 14.2 Å². The van der Waals surface area contributed by atoms with Crippen LogP contribution in [0, 0.1) is 0 Å². The second-order valence-corrected chi connectivity index (χ2v) is 4.73. The van der Waals surface area contributed by atoms with Crippen LogP contribution in [0.2, 0.25) is 0 Å². The number of nitrogens with one attached hydrogen (secondary N) is 2. The number of carbonyl (C=O) groups is 1. The number of guanidine groups is 1. The zero-order valence-corrected chi connectivity index (χ0v) is 13.5. The molecule has 0 spiro atoms. The van der Waals surface area contributed by atoms with Gasteiger partial charge in [0.15, 0.2) is 5.96 Å². The largest absolute Gasteiger partial charge is 0.497 e. The van der Waals surface area contributed by atoms with Crippen LogP contribution in [0.4, 0.5) is 0 Å². The first-order valence-corrected chi connectivity index (χ1v) is 7.34. The third-order valence-electron chi connectivity index (χ3n) is 3.17. The lowest BCUT2D eigenvalue weighted by atomic mass is 10.2. The Labute approximate surface area is 131 Å². The first kappa shape index (κ1) is 17.8. The molecule has 0 bridgehead atoms. The van der Waals surface area contributed by atoms with Crippen LogP contribution in [-0.4, -0.2) is 39.7 Å². The number of nitrogens with zero attached hydrogens (tertiary/aromatic N) is 1. The third-order valence-corrected chi connectivity index (χ3v) is 3.17. The van der Waals surface area contributed by atoms with Gasteiger partial charge in [0.25, 0.3) is 0 Å². The van der Waals surface area contributed by atoms with Crippen molar-refractivity contribution in [3.8, 4) is 5.75 Å². The number of unbranched alkanes of at least 4 members (excludes halogenated alkanes) is 1. The molecule has 0 aliphatic carbocycles. The van der Waals surface area contributed by atoms with Gasteiger partial charge in [-0.3, -0.25) is 9.79 Å². The van der Waals surface area contributed by atoms with Crippen molar-refractivity contribution in [2.75, 3.05) is 27.8 Å². The summed E-state index contributed by atoms with van der Waals surface area (Å²) in [4.78, 5) is 15.1. The van der Waals surface area contributed by atoms with Crippen molar-refractivity contribution in [3.63, 3.8) is 0 Å². The Morgan fingerprint density at radius 3 is 2.45 bits per heavy atom. The Morgan fingerprint density at radius 1 is 1.14 bits per heavy atom. The van der Waals surface area contributed by atoms with Crippen LogP contribution in [0.15, 0.2) is 29.3 Å². The molecule has 6 heteroatoms. The van der Waals surface area contributed by atoms with E-state index >= 15 is 0 Å². The van der Waals surface area contributed by atoms with E-state index in [9.17, 15) is 4.79 Å². The van der Waals surface area contributed by atoms with E-state index in [0.717, 1.165) is 36.7 Å². The quantitative estimate of drug-likeness (QED) is 0.331. The molecule has 0 aliphatic heterocycles. The highest BCUT2D eigenvalue weighted by atomic mass is 16.5. The molecule has 1 aromatic rings. The summed E-state index contributed by atoms with van der Waals surface area (Å²) in [5.74, 6) is 1.42. The van der Waals surface area contributed by atoms with E-state index in [0.29, 0.717) is 13.0 Å². The smallest absolute Gasteiger partial charge is 0.305 e. The number of rotatable bonds is 8. The molecule has 0 aromatic heterocycles. The van der Waals surface area contributed by atoms with Crippen molar-refractivity contribution in [2.24, 2.45) is 4.99 Å². The highest BCUT2D eigenvalue weighted by Gasteiger charge is 2.01. The summed E-state index contributed by atoms with van der Waals surface area (Å²) in [6.07, 6.45) is 2.14. The van der Waals surface area contributed by atoms with Crippen molar-refractivity contribution < 1.29 is 14.3 Å². The van der Waals surface area contributed by atoms with Crippen LogP contribution < -0.4 is 15.4 Å². The van der Waals surface area contributed by atoms with Crippen LogP contribution in [0.25, 0.3) is 0 Å². The lowest BCUT2D eigenvalue weighted by molar-refractivity contribution is -0.140. The summed E-state index contributed by atoms with van der Waals surface area (Å²) in [6, 6.07) is 7.88. The molecule has 0 amide bonds. The maximum atomic E-state index is 11.0. The fourth-order valence-corrected chi connectivity index (χ4v) is 1.85. The van der Waals surface area contributed by atoms with E-state index in [4.69, 9.17) is 4.74 Å². The van der Waals surface area contributed by atoms with Gasteiger partial charge in [-0.25, -0.2) is 0 Å². The minimum atomic E-state index is -0.165. The first-order valence-electron chi connectivity index (χ1n) is 7.34. The molecular weight excluding hydrogens is 282 g/mol. The molecule has 0 saturated carbocycles. The SMILES string of the molecule is CN=C(NCCCCC(=O)OC)NCc1ccc(OC)cc1. The van der Waals surface area contributed by atoms with Crippen molar-refractivity contribution >= 4 is 11.9 Å². The zero-order valence-electron chi connectivity index (χ0n) is 13.5. The average molecular weight is 307 g/mol. The Hall–Kier alpha value is -2.24. The van der Waals surface area contributed by atoms with Gasteiger partial charge in [-0.05, 0) is 30.5 Å².